The number of anilines is 2. The fraction of sp³-hybridized carbons (Fsp3) is 0.0612. The van der Waals surface area contributed by atoms with E-state index in [0.717, 1.165) is 46.6 Å². The van der Waals surface area contributed by atoms with E-state index in [4.69, 9.17) is 0 Å². The molecule has 8 aromatic rings. The largest absolute Gasteiger partial charge is 0.355 e. The van der Waals surface area contributed by atoms with E-state index >= 15 is 0 Å². The zero-order chi connectivity index (χ0) is 34.6. The quantitative estimate of drug-likeness (QED) is 0.145. The molecule has 0 radical (unpaired) electrons. The van der Waals surface area contributed by atoms with Crippen LogP contribution in [0.5, 0.6) is 0 Å². The highest BCUT2D eigenvalue weighted by molar-refractivity contribution is 6.10. The number of rotatable bonds is 10. The molecule has 0 aliphatic rings. The predicted octanol–water partition coefficient (Wildman–Crippen LogP) is 13.9. The first-order valence-electron chi connectivity index (χ1n) is 17.8. The normalized spacial score (nSPS) is 11.4. The Labute approximate surface area is 300 Å². The minimum absolute atomic E-state index is 0.988. The number of nitrogens with zero attached hydrogens (tertiary/aromatic N) is 1. The van der Waals surface area contributed by atoms with Crippen LogP contribution < -0.4 is 5.32 Å². The maximum absolute atomic E-state index is 4.53. The van der Waals surface area contributed by atoms with Gasteiger partial charge in [-0.05, 0) is 100.0 Å². The molecule has 0 fully saturated rings. The summed E-state index contributed by atoms with van der Waals surface area (Å²) in [7, 11) is 0. The molecule has 1 heterocycles. The van der Waals surface area contributed by atoms with E-state index in [1.807, 2.05) is 0 Å². The number of fused-ring (bicyclic) bond motifs is 3. The number of hydrogen-bond acceptors (Lipinski definition) is 1. The summed E-state index contributed by atoms with van der Waals surface area (Å²) in [5.41, 5.74) is 14.8. The van der Waals surface area contributed by atoms with Crippen molar-refractivity contribution >= 4 is 38.8 Å². The Bertz CT molecular complexity index is 2500. The molecule has 0 bridgehead atoms. The molecule has 246 valence electrons. The lowest BCUT2D eigenvalue weighted by Crippen LogP contribution is -1.96. The van der Waals surface area contributed by atoms with Crippen LogP contribution in [0.3, 0.4) is 0 Å². The van der Waals surface area contributed by atoms with E-state index in [9.17, 15) is 0 Å². The molecule has 1 aromatic heterocycles. The topological polar surface area (TPSA) is 17.0 Å². The first-order chi connectivity index (χ1) is 25.2. The van der Waals surface area contributed by atoms with Crippen molar-refractivity contribution in [2.45, 2.75) is 19.8 Å². The fourth-order valence-electron chi connectivity index (χ4n) is 7.01. The molecular formula is C49H40N2. The van der Waals surface area contributed by atoms with Crippen LogP contribution in [-0.4, -0.2) is 4.57 Å². The minimum Gasteiger partial charge on any atom is -0.355 e. The average Bonchev–Trinajstić information content (AvgIpc) is 3.53. The van der Waals surface area contributed by atoms with Gasteiger partial charge in [-0.3, -0.25) is 0 Å². The number of benzene rings is 7. The molecule has 1 N–H and O–H groups in total. The van der Waals surface area contributed by atoms with Gasteiger partial charge in [0.15, 0.2) is 0 Å². The molecule has 0 saturated heterocycles. The Morgan fingerprint density at radius 2 is 1.14 bits per heavy atom. The van der Waals surface area contributed by atoms with Gasteiger partial charge in [0.05, 0.1) is 11.0 Å². The SMILES string of the molecule is C=C(/C=C\CCC)c1cc(-c2ccc3c(c2)c2ccccc2n3-c2ccccc2)ccc1Nc1cccc(-c2ccc(-c3ccccc3)cc2)c1. The van der Waals surface area contributed by atoms with Crippen molar-refractivity contribution < 1.29 is 0 Å². The molecule has 0 unspecified atom stereocenters. The van der Waals surface area contributed by atoms with Gasteiger partial charge in [0.25, 0.3) is 0 Å². The smallest absolute Gasteiger partial charge is 0.0541 e. The van der Waals surface area contributed by atoms with Gasteiger partial charge in [0.2, 0.25) is 0 Å². The summed E-state index contributed by atoms with van der Waals surface area (Å²) < 4.78 is 2.36. The van der Waals surface area contributed by atoms with Crippen LogP contribution in [0.25, 0.3) is 66.4 Å². The van der Waals surface area contributed by atoms with Crippen molar-refractivity contribution in [1.82, 2.24) is 4.57 Å². The number of para-hydroxylation sites is 2. The number of unbranched alkanes of at least 4 members (excludes halogenated alkanes) is 1. The van der Waals surface area contributed by atoms with Crippen LogP contribution >= 0.6 is 0 Å². The summed E-state index contributed by atoms with van der Waals surface area (Å²) in [6, 6.07) is 60.8. The van der Waals surface area contributed by atoms with Gasteiger partial charge in [-0.1, -0.05) is 147 Å². The molecule has 0 aliphatic carbocycles. The van der Waals surface area contributed by atoms with E-state index in [1.54, 1.807) is 0 Å². The van der Waals surface area contributed by atoms with Crippen molar-refractivity contribution in [3.05, 3.63) is 194 Å². The van der Waals surface area contributed by atoms with Crippen LogP contribution in [-0.2, 0) is 0 Å². The van der Waals surface area contributed by atoms with Gasteiger partial charge in [0.1, 0.15) is 0 Å². The number of aromatic nitrogens is 1. The van der Waals surface area contributed by atoms with E-state index in [1.165, 1.54) is 49.6 Å². The van der Waals surface area contributed by atoms with Crippen molar-refractivity contribution in [2.75, 3.05) is 5.32 Å². The summed E-state index contributed by atoms with van der Waals surface area (Å²) in [6.07, 6.45) is 6.51. The van der Waals surface area contributed by atoms with Gasteiger partial charge in [-0.2, -0.15) is 0 Å². The van der Waals surface area contributed by atoms with Gasteiger partial charge in [-0.25, -0.2) is 0 Å². The number of nitrogens with one attached hydrogen (secondary N) is 1. The highest BCUT2D eigenvalue weighted by atomic mass is 15.0. The second-order valence-corrected chi connectivity index (χ2v) is 13.0. The van der Waals surface area contributed by atoms with E-state index in [-0.39, 0.29) is 0 Å². The second-order valence-electron chi connectivity index (χ2n) is 13.0. The molecule has 0 amide bonds. The lowest BCUT2D eigenvalue weighted by Gasteiger charge is -2.16. The lowest BCUT2D eigenvalue weighted by atomic mass is 9.96. The van der Waals surface area contributed by atoms with Crippen LogP contribution in [0.1, 0.15) is 25.3 Å². The zero-order valence-corrected chi connectivity index (χ0v) is 28.9. The Morgan fingerprint density at radius 1 is 0.549 bits per heavy atom. The third-order valence-electron chi connectivity index (χ3n) is 9.63. The van der Waals surface area contributed by atoms with Crippen molar-refractivity contribution in [3.63, 3.8) is 0 Å². The highest BCUT2D eigenvalue weighted by Gasteiger charge is 2.14. The van der Waals surface area contributed by atoms with Crippen LogP contribution in [0.15, 0.2) is 189 Å². The van der Waals surface area contributed by atoms with E-state index in [2.05, 4.69) is 205 Å². The molecule has 2 heteroatoms. The summed E-state index contributed by atoms with van der Waals surface area (Å²) >= 11 is 0. The van der Waals surface area contributed by atoms with Crippen LogP contribution in [0.4, 0.5) is 11.4 Å². The van der Waals surface area contributed by atoms with E-state index < -0.39 is 0 Å². The fourth-order valence-corrected chi connectivity index (χ4v) is 7.01. The summed E-state index contributed by atoms with van der Waals surface area (Å²) in [4.78, 5) is 0. The first-order valence-corrected chi connectivity index (χ1v) is 17.8. The monoisotopic (exact) mass is 656 g/mol. The molecule has 8 rings (SSSR count). The summed E-state index contributed by atoms with van der Waals surface area (Å²) in [5.74, 6) is 0. The van der Waals surface area contributed by atoms with Crippen LogP contribution in [0.2, 0.25) is 0 Å². The van der Waals surface area contributed by atoms with Crippen molar-refractivity contribution in [1.29, 1.82) is 0 Å². The minimum atomic E-state index is 0.988. The maximum atomic E-state index is 4.53. The molecule has 0 saturated carbocycles. The van der Waals surface area contributed by atoms with Crippen molar-refractivity contribution in [2.24, 2.45) is 0 Å². The Balaban J connectivity index is 1.15. The second kappa shape index (κ2) is 14.2. The molecular weight excluding hydrogens is 617 g/mol. The lowest BCUT2D eigenvalue weighted by molar-refractivity contribution is 0.959. The highest BCUT2D eigenvalue weighted by Crippen LogP contribution is 2.37. The first kappa shape index (κ1) is 31.9. The molecule has 7 aromatic carbocycles. The third-order valence-corrected chi connectivity index (χ3v) is 9.63. The maximum Gasteiger partial charge on any atom is 0.0541 e. The number of hydrogen-bond donors (Lipinski definition) is 1. The van der Waals surface area contributed by atoms with Crippen molar-refractivity contribution in [3.8, 4) is 39.1 Å². The van der Waals surface area contributed by atoms with Crippen LogP contribution in [0, 0.1) is 0 Å². The Morgan fingerprint density at radius 3 is 1.92 bits per heavy atom. The summed E-state index contributed by atoms with van der Waals surface area (Å²) in [5, 5.41) is 6.24. The Hall–Kier alpha value is -6.38. The predicted molar refractivity (Wildman–Crippen MR) is 220 cm³/mol. The average molecular weight is 657 g/mol. The number of allylic oxidation sites excluding steroid dienone is 3. The third kappa shape index (κ3) is 6.52. The summed E-state index contributed by atoms with van der Waals surface area (Å²) in [6.45, 7) is 6.73. The van der Waals surface area contributed by atoms with Gasteiger partial charge < -0.3 is 9.88 Å². The Kier molecular flexibility index (Phi) is 8.89. The molecule has 51 heavy (non-hydrogen) atoms. The van der Waals surface area contributed by atoms with Gasteiger partial charge >= 0.3 is 0 Å². The molecule has 0 spiro atoms. The van der Waals surface area contributed by atoms with Gasteiger partial charge in [0, 0.05) is 33.4 Å². The molecule has 2 nitrogen and oxygen atoms in total. The zero-order valence-electron chi connectivity index (χ0n) is 28.9. The van der Waals surface area contributed by atoms with E-state index in [0.29, 0.717) is 0 Å². The molecule has 0 atom stereocenters. The standard InChI is InChI=1S/C49H40N2/c1-3-4-7-15-35(2)45-33-40(41-29-31-49-46(34-41)44-22-12-13-23-48(44)51(49)43-20-10-6-11-21-43)28-30-47(45)50-42-19-14-18-39(32-42)38-26-24-37(25-27-38)36-16-8-5-9-17-36/h5-34,50H,2-4H2,1H3/b15-7-. The molecule has 0 aliphatic heterocycles. The van der Waals surface area contributed by atoms with Gasteiger partial charge in [-0.15, -0.1) is 0 Å².